The Labute approximate surface area is 139 Å². The summed E-state index contributed by atoms with van der Waals surface area (Å²) >= 11 is 19.1. The largest absolute Gasteiger partial charge is 0.377 e. The number of benzene rings is 2. The Morgan fingerprint density at radius 2 is 1.58 bits per heavy atom. The molecule has 1 unspecified atom stereocenters. The molecule has 19 heavy (non-hydrogen) atoms. The monoisotopic (exact) mass is 421 g/mol. The Bertz CT molecular complexity index is 585. The first-order valence-electron chi connectivity index (χ1n) is 5.64. The van der Waals surface area contributed by atoms with Gasteiger partial charge in [-0.1, -0.05) is 51.3 Å². The highest BCUT2D eigenvalue weighted by molar-refractivity contribution is 9.10. The maximum absolute atomic E-state index is 6.22. The molecule has 0 saturated carbocycles. The van der Waals surface area contributed by atoms with Crippen LogP contribution in [0.4, 0.5) is 5.69 Å². The summed E-state index contributed by atoms with van der Waals surface area (Å²) in [4.78, 5) is 0. The molecule has 1 nitrogen and oxygen atoms in total. The summed E-state index contributed by atoms with van der Waals surface area (Å²) in [5.74, 6) is 0. The SMILES string of the molecule is CC(Nc1ccc(Br)c(Cl)c1Cl)c1ccc(Br)cc1. The summed E-state index contributed by atoms with van der Waals surface area (Å²) < 4.78 is 1.86. The Balaban J connectivity index is 2.21. The van der Waals surface area contributed by atoms with Crippen LogP contribution >= 0.6 is 55.1 Å². The van der Waals surface area contributed by atoms with Crippen LogP contribution in [0.1, 0.15) is 18.5 Å². The standard InChI is InChI=1S/C14H11Br2Cl2N/c1-8(9-2-4-10(15)5-3-9)19-12-7-6-11(16)13(17)14(12)18/h2-8,19H,1H3. The molecule has 0 fully saturated rings. The third kappa shape index (κ3) is 3.66. The zero-order valence-electron chi connectivity index (χ0n) is 10.1. The summed E-state index contributed by atoms with van der Waals surface area (Å²) in [5, 5.41) is 4.41. The van der Waals surface area contributed by atoms with E-state index in [2.05, 4.69) is 56.2 Å². The quantitative estimate of drug-likeness (QED) is 0.542. The highest BCUT2D eigenvalue weighted by Gasteiger charge is 2.11. The maximum atomic E-state index is 6.22. The van der Waals surface area contributed by atoms with Gasteiger partial charge in [0.1, 0.15) is 0 Å². The smallest absolute Gasteiger partial charge is 0.0835 e. The van der Waals surface area contributed by atoms with Gasteiger partial charge in [-0.25, -0.2) is 0 Å². The number of hydrogen-bond acceptors (Lipinski definition) is 1. The predicted molar refractivity (Wildman–Crippen MR) is 90.3 cm³/mol. The van der Waals surface area contributed by atoms with E-state index in [1.807, 2.05) is 24.3 Å². The van der Waals surface area contributed by atoms with E-state index in [1.54, 1.807) is 0 Å². The summed E-state index contributed by atoms with van der Waals surface area (Å²) in [6, 6.07) is 12.1. The van der Waals surface area contributed by atoms with E-state index >= 15 is 0 Å². The molecular formula is C14H11Br2Cl2N. The van der Waals surface area contributed by atoms with E-state index < -0.39 is 0 Å². The van der Waals surface area contributed by atoms with Crippen molar-refractivity contribution in [3.8, 4) is 0 Å². The van der Waals surface area contributed by atoms with E-state index in [4.69, 9.17) is 23.2 Å². The van der Waals surface area contributed by atoms with Gasteiger partial charge in [-0.3, -0.25) is 0 Å². The van der Waals surface area contributed by atoms with Gasteiger partial charge >= 0.3 is 0 Å². The fourth-order valence-electron chi connectivity index (χ4n) is 1.71. The lowest BCUT2D eigenvalue weighted by molar-refractivity contribution is 0.884. The first kappa shape index (κ1) is 15.2. The molecule has 0 bridgehead atoms. The van der Waals surface area contributed by atoms with Gasteiger partial charge in [0.25, 0.3) is 0 Å². The zero-order chi connectivity index (χ0) is 14.0. The summed E-state index contributed by atoms with van der Waals surface area (Å²) in [6.07, 6.45) is 0. The highest BCUT2D eigenvalue weighted by Crippen LogP contribution is 2.37. The topological polar surface area (TPSA) is 12.0 Å². The van der Waals surface area contributed by atoms with Crippen molar-refractivity contribution in [2.45, 2.75) is 13.0 Å². The first-order chi connectivity index (χ1) is 8.99. The maximum Gasteiger partial charge on any atom is 0.0835 e. The van der Waals surface area contributed by atoms with E-state index in [9.17, 15) is 0 Å². The second kappa shape index (κ2) is 6.49. The van der Waals surface area contributed by atoms with Crippen molar-refractivity contribution in [3.63, 3.8) is 0 Å². The third-order valence-electron chi connectivity index (χ3n) is 2.78. The van der Waals surface area contributed by atoms with Crippen LogP contribution in [-0.4, -0.2) is 0 Å². The first-order valence-corrected chi connectivity index (χ1v) is 7.98. The van der Waals surface area contributed by atoms with Crippen molar-refractivity contribution >= 4 is 60.7 Å². The van der Waals surface area contributed by atoms with Gasteiger partial charge in [0.15, 0.2) is 0 Å². The van der Waals surface area contributed by atoms with Crippen molar-refractivity contribution in [3.05, 3.63) is 61.0 Å². The Hall–Kier alpha value is -0.220. The molecule has 0 aliphatic carbocycles. The second-order valence-corrected chi connectivity index (χ2v) is 6.67. The highest BCUT2D eigenvalue weighted by atomic mass is 79.9. The molecule has 0 aliphatic rings. The molecule has 0 radical (unpaired) electrons. The Morgan fingerprint density at radius 1 is 0.947 bits per heavy atom. The van der Waals surface area contributed by atoms with Crippen LogP contribution in [0.2, 0.25) is 10.0 Å². The van der Waals surface area contributed by atoms with E-state index in [0.29, 0.717) is 10.0 Å². The van der Waals surface area contributed by atoms with E-state index in [0.717, 1.165) is 14.6 Å². The Kier molecular flexibility index (Phi) is 5.18. The number of nitrogens with one attached hydrogen (secondary N) is 1. The minimum absolute atomic E-state index is 0.142. The second-order valence-electron chi connectivity index (χ2n) is 4.14. The molecule has 2 aromatic rings. The average molecular weight is 424 g/mol. The molecule has 0 aromatic heterocycles. The van der Waals surface area contributed by atoms with Gasteiger partial charge in [-0.15, -0.1) is 0 Å². The van der Waals surface area contributed by atoms with Crippen LogP contribution in [-0.2, 0) is 0 Å². The normalized spacial score (nSPS) is 12.3. The van der Waals surface area contributed by atoms with Crippen molar-refractivity contribution in [2.24, 2.45) is 0 Å². The lowest BCUT2D eigenvalue weighted by Crippen LogP contribution is -2.07. The molecule has 5 heteroatoms. The van der Waals surface area contributed by atoms with E-state index in [-0.39, 0.29) is 6.04 Å². The number of hydrogen-bond donors (Lipinski definition) is 1. The van der Waals surface area contributed by atoms with Crippen LogP contribution in [0.3, 0.4) is 0 Å². The van der Waals surface area contributed by atoms with Crippen LogP contribution in [0.15, 0.2) is 45.3 Å². The van der Waals surface area contributed by atoms with E-state index in [1.165, 1.54) is 5.56 Å². The zero-order valence-corrected chi connectivity index (χ0v) is 14.7. The fourth-order valence-corrected chi connectivity index (χ4v) is 2.80. The van der Waals surface area contributed by atoms with Crippen molar-refractivity contribution in [1.29, 1.82) is 0 Å². The molecule has 100 valence electrons. The van der Waals surface area contributed by atoms with Gasteiger partial charge in [-0.2, -0.15) is 0 Å². The molecule has 0 spiro atoms. The molecule has 2 aromatic carbocycles. The fraction of sp³-hybridized carbons (Fsp3) is 0.143. The number of anilines is 1. The number of halogens is 4. The van der Waals surface area contributed by atoms with Crippen LogP contribution in [0, 0.1) is 0 Å². The summed E-state index contributed by atoms with van der Waals surface area (Å²) in [6.45, 7) is 2.08. The van der Waals surface area contributed by atoms with Crippen molar-refractivity contribution in [2.75, 3.05) is 5.32 Å². The molecule has 0 saturated heterocycles. The van der Waals surface area contributed by atoms with Gasteiger partial charge in [0.05, 0.1) is 15.7 Å². The van der Waals surface area contributed by atoms with Crippen LogP contribution in [0.5, 0.6) is 0 Å². The lowest BCUT2D eigenvalue weighted by Gasteiger charge is -2.17. The minimum Gasteiger partial charge on any atom is -0.377 e. The van der Waals surface area contributed by atoms with Gasteiger partial charge in [0, 0.05) is 15.0 Å². The molecule has 2 rings (SSSR count). The molecular weight excluding hydrogens is 413 g/mol. The van der Waals surface area contributed by atoms with Crippen molar-refractivity contribution < 1.29 is 0 Å². The molecule has 1 atom stereocenters. The Morgan fingerprint density at radius 3 is 2.21 bits per heavy atom. The average Bonchev–Trinajstić information content (AvgIpc) is 2.40. The predicted octanol–water partition coefficient (Wildman–Crippen LogP) is 6.69. The molecule has 0 heterocycles. The van der Waals surface area contributed by atoms with Gasteiger partial charge < -0.3 is 5.32 Å². The van der Waals surface area contributed by atoms with Crippen molar-refractivity contribution in [1.82, 2.24) is 0 Å². The molecule has 0 amide bonds. The lowest BCUT2D eigenvalue weighted by atomic mass is 10.1. The third-order valence-corrected chi connectivity index (χ3v) is 5.08. The molecule has 0 aliphatic heterocycles. The van der Waals surface area contributed by atoms with Gasteiger partial charge in [0.2, 0.25) is 0 Å². The van der Waals surface area contributed by atoms with Crippen LogP contribution in [0.25, 0.3) is 0 Å². The number of rotatable bonds is 3. The van der Waals surface area contributed by atoms with Crippen LogP contribution < -0.4 is 5.32 Å². The summed E-state index contributed by atoms with van der Waals surface area (Å²) in [5.41, 5.74) is 2.00. The summed E-state index contributed by atoms with van der Waals surface area (Å²) in [7, 11) is 0. The molecule has 1 N–H and O–H groups in total. The van der Waals surface area contributed by atoms with Gasteiger partial charge in [-0.05, 0) is 52.7 Å². The minimum atomic E-state index is 0.142.